The van der Waals surface area contributed by atoms with Crippen LogP contribution in [0.25, 0.3) is 0 Å². The third kappa shape index (κ3) is 3.79. The zero-order valence-electron chi connectivity index (χ0n) is 8.07. The first-order valence-corrected chi connectivity index (χ1v) is 4.31. The molecule has 0 N–H and O–H groups in total. The van der Waals surface area contributed by atoms with Gasteiger partial charge in [0.05, 0.1) is 0 Å². The van der Waals surface area contributed by atoms with Crippen LogP contribution in [0.1, 0.15) is 12.5 Å². The van der Waals surface area contributed by atoms with Crippen LogP contribution in [-0.4, -0.2) is 20.0 Å². The van der Waals surface area contributed by atoms with Crippen molar-refractivity contribution in [2.24, 2.45) is 9.80 Å². The van der Waals surface area contributed by atoms with Gasteiger partial charge in [0.1, 0.15) is 0 Å². The molecular formula is C10H13BN2. The van der Waals surface area contributed by atoms with Gasteiger partial charge in [0.2, 0.25) is 0 Å². The molecule has 0 atom stereocenters. The van der Waals surface area contributed by atoms with Crippen molar-refractivity contribution in [3.63, 3.8) is 0 Å². The second-order valence-electron chi connectivity index (χ2n) is 2.90. The van der Waals surface area contributed by atoms with Gasteiger partial charge >= 0.3 is 79.0 Å². The van der Waals surface area contributed by atoms with E-state index in [0.29, 0.717) is 0 Å². The van der Waals surface area contributed by atoms with E-state index in [1.807, 2.05) is 25.1 Å². The Hall–Kier alpha value is -1.25. The van der Waals surface area contributed by atoms with Crippen molar-refractivity contribution in [3.05, 3.63) is 35.9 Å². The summed E-state index contributed by atoms with van der Waals surface area (Å²) >= 11 is 0. The number of hydrogen-bond donors (Lipinski definition) is 0. The fourth-order valence-electron chi connectivity index (χ4n) is 1.09. The van der Waals surface area contributed by atoms with Crippen molar-refractivity contribution in [3.8, 4) is 0 Å². The fourth-order valence-corrected chi connectivity index (χ4v) is 1.09. The van der Waals surface area contributed by atoms with E-state index in [-0.39, 0.29) is 0 Å². The second kappa shape index (κ2) is 5.41. The SMILES string of the molecule is CN=B/N=C(\C)Cc1ccccc1. The maximum absolute atomic E-state index is 4.16. The van der Waals surface area contributed by atoms with Gasteiger partial charge in [-0.3, -0.25) is 0 Å². The van der Waals surface area contributed by atoms with Crippen LogP contribution in [0.4, 0.5) is 0 Å². The third-order valence-corrected chi connectivity index (χ3v) is 1.70. The first-order chi connectivity index (χ1) is 6.33. The summed E-state index contributed by atoms with van der Waals surface area (Å²) in [5, 5.41) is 0. The Kier molecular flexibility index (Phi) is 4.09. The zero-order chi connectivity index (χ0) is 9.52. The van der Waals surface area contributed by atoms with Crippen LogP contribution < -0.4 is 0 Å². The molecule has 0 bridgehead atoms. The molecule has 66 valence electrons. The van der Waals surface area contributed by atoms with Crippen molar-refractivity contribution in [1.82, 2.24) is 0 Å². The van der Waals surface area contributed by atoms with Crippen molar-refractivity contribution in [1.29, 1.82) is 0 Å². The number of hydrogen-bond acceptors (Lipinski definition) is 1. The Labute approximate surface area is 79.7 Å². The monoisotopic (exact) mass is 172 g/mol. The maximum atomic E-state index is 4.16. The van der Waals surface area contributed by atoms with Crippen molar-refractivity contribution in [2.45, 2.75) is 13.3 Å². The van der Waals surface area contributed by atoms with Gasteiger partial charge in [-0.1, -0.05) is 0 Å². The Morgan fingerprint density at radius 3 is 2.62 bits per heavy atom. The van der Waals surface area contributed by atoms with E-state index in [1.54, 1.807) is 14.3 Å². The Balaban J connectivity index is 2.60. The third-order valence-electron chi connectivity index (χ3n) is 1.70. The Morgan fingerprint density at radius 1 is 1.31 bits per heavy atom. The molecule has 0 aliphatic carbocycles. The molecular weight excluding hydrogens is 159 g/mol. The molecule has 0 saturated heterocycles. The summed E-state index contributed by atoms with van der Waals surface area (Å²) in [6.45, 7) is 2.01. The summed E-state index contributed by atoms with van der Waals surface area (Å²) in [4.78, 5) is 7.97. The molecule has 0 aliphatic heterocycles. The van der Waals surface area contributed by atoms with Crippen LogP contribution in [0.15, 0.2) is 40.1 Å². The number of benzene rings is 1. The molecule has 3 heteroatoms. The molecule has 2 nitrogen and oxygen atoms in total. The van der Waals surface area contributed by atoms with Gasteiger partial charge in [-0.25, -0.2) is 0 Å². The molecule has 1 rings (SSSR count). The Morgan fingerprint density at radius 2 is 2.00 bits per heavy atom. The number of rotatable bonds is 3. The van der Waals surface area contributed by atoms with E-state index in [1.165, 1.54) is 5.56 Å². The average Bonchev–Trinajstić information content (AvgIpc) is 2.16. The van der Waals surface area contributed by atoms with Crippen LogP contribution in [-0.2, 0) is 6.42 Å². The predicted octanol–water partition coefficient (Wildman–Crippen LogP) is 2.12. The van der Waals surface area contributed by atoms with E-state index in [2.05, 4.69) is 21.9 Å². The summed E-state index contributed by atoms with van der Waals surface area (Å²) in [6.07, 6.45) is 0.896. The van der Waals surface area contributed by atoms with Gasteiger partial charge in [-0.05, 0) is 0 Å². The molecule has 0 fully saturated rings. The van der Waals surface area contributed by atoms with Gasteiger partial charge in [-0.15, -0.1) is 0 Å². The van der Waals surface area contributed by atoms with Gasteiger partial charge in [0.25, 0.3) is 0 Å². The second-order valence-corrected chi connectivity index (χ2v) is 2.90. The normalized spacial score (nSPS) is 11.7. The molecule has 1 aromatic rings. The van der Waals surface area contributed by atoms with Crippen molar-refractivity contribution >= 4 is 12.9 Å². The summed E-state index contributed by atoms with van der Waals surface area (Å²) in [7, 11) is 3.30. The van der Waals surface area contributed by atoms with Gasteiger partial charge in [-0.2, -0.15) is 0 Å². The van der Waals surface area contributed by atoms with E-state index in [9.17, 15) is 0 Å². The van der Waals surface area contributed by atoms with Gasteiger partial charge in [0, 0.05) is 0 Å². The average molecular weight is 172 g/mol. The van der Waals surface area contributed by atoms with Crippen LogP contribution in [0.5, 0.6) is 0 Å². The minimum absolute atomic E-state index is 0.896. The first kappa shape index (κ1) is 9.84. The summed E-state index contributed by atoms with van der Waals surface area (Å²) in [6, 6.07) is 10.3. The minimum atomic E-state index is 0.896. The van der Waals surface area contributed by atoms with Crippen LogP contribution in [0, 0.1) is 0 Å². The molecule has 0 radical (unpaired) electrons. The van der Waals surface area contributed by atoms with E-state index >= 15 is 0 Å². The molecule has 13 heavy (non-hydrogen) atoms. The summed E-state index contributed by atoms with van der Waals surface area (Å²) in [5.41, 5.74) is 2.37. The summed E-state index contributed by atoms with van der Waals surface area (Å²) < 4.78 is 0. The van der Waals surface area contributed by atoms with Crippen molar-refractivity contribution < 1.29 is 0 Å². The Bertz CT molecular complexity index is 304. The molecule has 0 amide bonds. The topological polar surface area (TPSA) is 24.7 Å². The fraction of sp³-hybridized carbons (Fsp3) is 0.300. The molecule has 0 heterocycles. The number of nitrogens with zero attached hydrogens (tertiary/aromatic N) is 2. The van der Waals surface area contributed by atoms with E-state index < -0.39 is 0 Å². The molecule has 0 aromatic heterocycles. The predicted molar refractivity (Wildman–Crippen MR) is 57.4 cm³/mol. The zero-order valence-corrected chi connectivity index (χ0v) is 8.07. The first-order valence-electron chi connectivity index (χ1n) is 4.31. The van der Waals surface area contributed by atoms with Gasteiger partial charge < -0.3 is 0 Å². The van der Waals surface area contributed by atoms with Gasteiger partial charge in [0.15, 0.2) is 0 Å². The molecule has 0 saturated carbocycles. The van der Waals surface area contributed by atoms with Crippen molar-refractivity contribution in [2.75, 3.05) is 7.05 Å². The molecule has 0 spiro atoms. The van der Waals surface area contributed by atoms with Crippen LogP contribution in [0.3, 0.4) is 0 Å². The van der Waals surface area contributed by atoms with E-state index in [4.69, 9.17) is 0 Å². The molecule has 0 unspecified atom stereocenters. The quantitative estimate of drug-likeness (QED) is 0.492. The van der Waals surface area contributed by atoms with E-state index in [0.717, 1.165) is 12.1 Å². The standard InChI is InChI=1S/C10H13BN2/c1-9(13-11-12-2)8-10-6-4-3-5-7-10/h3-7H,8H2,1-2H3/b13-9+. The molecule has 0 aliphatic rings. The molecule has 1 aromatic carbocycles. The van der Waals surface area contributed by atoms with Crippen LogP contribution in [0.2, 0.25) is 0 Å². The van der Waals surface area contributed by atoms with Crippen LogP contribution >= 0.6 is 0 Å². The summed E-state index contributed by atoms with van der Waals surface area (Å²) in [5.74, 6) is 0.